The first-order chi connectivity index (χ1) is 9.16. The normalized spacial score (nSPS) is 12.7. The number of aromatic nitrogens is 2. The smallest absolute Gasteiger partial charge is 0.131 e. The fourth-order valence-electron chi connectivity index (χ4n) is 2.29. The molecule has 4 nitrogen and oxygen atoms in total. The van der Waals surface area contributed by atoms with E-state index in [1.54, 1.807) is 0 Å². The lowest BCUT2D eigenvalue weighted by Gasteiger charge is -2.12. The molecule has 3 rings (SSSR count). The van der Waals surface area contributed by atoms with Crippen molar-refractivity contribution in [1.82, 2.24) is 9.55 Å². The van der Waals surface area contributed by atoms with Gasteiger partial charge in [-0.2, -0.15) is 0 Å². The van der Waals surface area contributed by atoms with Crippen LogP contribution in [-0.2, 0) is 0 Å². The first-order valence-corrected chi connectivity index (χ1v) is 6.25. The van der Waals surface area contributed by atoms with Crippen LogP contribution in [0, 0.1) is 0 Å². The lowest BCUT2D eigenvalue weighted by molar-refractivity contribution is 0.727. The van der Waals surface area contributed by atoms with Crippen molar-refractivity contribution in [2.45, 2.75) is 13.0 Å². The summed E-state index contributed by atoms with van der Waals surface area (Å²) in [4.78, 5) is 4.62. The third kappa shape index (κ3) is 1.96. The third-order valence-corrected chi connectivity index (χ3v) is 3.12. The molecule has 0 aliphatic heterocycles. The summed E-state index contributed by atoms with van der Waals surface area (Å²) < 4.78 is 2.07. The molecule has 0 radical (unpaired) electrons. The molecule has 1 aromatic heterocycles. The monoisotopic (exact) mass is 252 g/mol. The molecule has 1 atom stereocenters. The SMILES string of the molecule is C[C@H](N)c1nc2ccccc2n1-c1cccc(N)c1. The van der Waals surface area contributed by atoms with Gasteiger partial charge in [0.2, 0.25) is 0 Å². The number of benzene rings is 2. The van der Waals surface area contributed by atoms with Crippen LogP contribution in [0.3, 0.4) is 0 Å². The zero-order valence-electron chi connectivity index (χ0n) is 10.7. The van der Waals surface area contributed by atoms with Crippen molar-refractivity contribution < 1.29 is 0 Å². The molecule has 0 saturated carbocycles. The molecule has 96 valence electrons. The van der Waals surface area contributed by atoms with Gasteiger partial charge in [-0.3, -0.25) is 4.57 Å². The van der Waals surface area contributed by atoms with Crippen molar-refractivity contribution in [3.05, 3.63) is 54.4 Å². The molecule has 0 aliphatic carbocycles. The summed E-state index contributed by atoms with van der Waals surface area (Å²) in [6.45, 7) is 1.93. The molecule has 3 aromatic rings. The molecular weight excluding hydrogens is 236 g/mol. The molecule has 0 bridgehead atoms. The molecule has 4 heteroatoms. The van der Waals surface area contributed by atoms with E-state index in [2.05, 4.69) is 9.55 Å². The molecule has 0 unspecified atom stereocenters. The van der Waals surface area contributed by atoms with E-state index in [9.17, 15) is 0 Å². The summed E-state index contributed by atoms with van der Waals surface area (Å²) in [6.07, 6.45) is 0. The molecular formula is C15H16N4. The van der Waals surface area contributed by atoms with E-state index in [0.29, 0.717) is 0 Å². The number of imidazole rings is 1. The summed E-state index contributed by atoms with van der Waals surface area (Å²) >= 11 is 0. The number of anilines is 1. The topological polar surface area (TPSA) is 69.9 Å². The van der Waals surface area contributed by atoms with Gasteiger partial charge in [0.25, 0.3) is 0 Å². The van der Waals surface area contributed by atoms with Gasteiger partial charge < -0.3 is 11.5 Å². The largest absolute Gasteiger partial charge is 0.399 e. The Hall–Kier alpha value is -2.33. The van der Waals surface area contributed by atoms with Crippen molar-refractivity contribution in [3.63, 3.8) is 0 Å². The number of para-hydroxylation sites is 2. The van der Waals surface area contributed by atoms with Gasteiger partial charge in [-0.15, -0.1) is 0 Å². The predicted octanol–water partition coefficient (Wildman–Crippen LogP) is 2.63. The zero-order valence-corrected chi connectivity index (χ0v) is 10.7. The third-order valence-electron chi connectivity index (χ3n) is 3.12. The molecule has 2 aromatic carbocycles. The van der Waals surface area contributed by atoms with Gasteiger partial charge in [-0.05, 0) is 37.3 Å². The van der Waals surface area contributed by atoms with Gasteiger partial charge >= 0.3 is 0 Å². The number of fused-ring (bicyclic) bond motifs is 1. The van der Waals surface area contributed by atoms with E-state index in [1.807, 2.05) is 55.5 Å². The second kappa shape index (κ2) is 4.40. The first kappa shape index (κ1) is 11.7. The van der Waals surface area contributed by atoms with Gasteiger partial charge in [0.1, 0.15) is 5.82 Å². The second-order valence-corrected chi connectivity index (χ2v) is 4.68. The molecule has 1 heterocycles. The lowest BCUT2D eigenvalue weighted by atomic mass is 10.2. The maximum absolute atomic E-state index is 6.04. The molecule has 0 aliphatic rings. The van der Waals surface area contributed by atoms with E-state index < -0.39 is 0 Å². The summed E-state index contributed by atoms with van der Waals surface area (Å²) in [6, 6.07) is 15.6. The Labute approximate surface area is 111 Å². The van der Waals surface area contributed by atoms with Gasteiger partial charge in [0.05, 0.1) is 17.1 Å². The summed E-state index contributed by atoms with van der Waals surface area (Å²) in [7, 11) is 0. The first-order valence-electron chi connectivity index (χ1n) is 6.25. The highest BCUT2D eigenvalue weighted by Crippen LogP contribution is 2.25. The van der Waals surface area contributed by atoms with Crippen LogP contribution in [0.4, 0.5) is 5.69 Å². The Morgan fingerprint density at radius 1 is 1.11 bits per heavy atom. The highest BCUT2D eigenvalue weighted by Gasteiger charge is 2.14. The van der Waals surface area contributed by atoms with Gasteiger partial charge in [0, 0.05) is 11.4 Å². The average Bonchev–Trinajstić information content (AvgIpc) is 2.78. The predicted molar refractivity (Wildman–Crippen MR) is 78.1 cm³/mol. The fourth-order valence-corrected chi connectivity index (χ4v) is 2.29. The van der Waals surface area contributed by atoms with Gasteiger partial charge in [-0.1, -0.05) is 18.2 Å². The number of nitrogen functional groups attached to an aromatic ring is 1. The van der Waals surface area contributed by atoms with E-state index in [-0.39, 0.29) is 6.04 Å². The van der Waals surface area contributed by atoms with Crippen LogP contribution >= 0.6 is 0 Å². The average molecular weight is 252 g/mol. The fraction of sp³-hybridized carbons (Fsp3) is 0.133. The van der Waals surface area contributed by atoms with Crippen molar-refractivity contribution in [3.8, 4) is 5.69 Å². The molecule has 0 saturated heterocycles. The minimum absolute atomic E-state index is 0.145. The molecule has 0 amide bonds. The number of hydrogen-bond donors (Lipinski definition) is 2. The minimum atomic E-state index is -0.145. The highest BCUT2D eigenvalue weighted by molar-refractivity contribution is 5.78. The maximum atomic E-state index is 6.04. The lowest BCUT2D eigenvalue weighted by Crippen LogP contribution is -2.12. The summed E-state index contributed by atoms with van der Waals surface area (Å²) in [5.41, 5.74) is 15.6. The van der Waals surface area contributed by atoms with Crippen molar-refractivity contribution in [2.24, 2.45) is 5.73 Å². The van der Waals surface area contributed by atoms with E-state index in [1.165, 1.54) is 0 Å². The van der Waals surface area contributed by atoms with Crippen molar-refractivity contribution in [1.29, 1.82) is 0 Å². The number of hydrogen-bond acceptors (Lipinski definition) is 3. The van der Waals surface area contributed by atoms with E-state index in [4.69, 9.17) is 11.5 Å². The second-order valence-electron chi connectivity index (χ2n) is 4.68. The Bertz CT molecular complexity index is 728. The summed E-state index contributed by atoms with van der Waals surface area (Å²) in [5, 5.41) is 0. The molecule has 0 spiro atoms. The number of nitrogens with zero attached hydrogens (tertiary/aromatic N) is 2. The molecule has 4 N–H and O–H groups in total. The highest BCUT2D eigenvalue weighted by atomic mass is 15.1. The quantitative estimate of drug-likeness (QED) is 0.689. The summed E-state index contributed by atoms with van der Waals surface area (Å²) in [5.74, 6) is 0.840. The van der Waals surface area contributed by atoms with E-state index in [0.717, 1.165) is 28.2 Å². The van der Waals surface area contributed by atoms with Crippen LogP contribution in [0.15, 0.2) is 48.5 Å². The molecule has 19 heavy (non-hydrogen) atoms. The Morgan fingerprint density at radius 3 is 2.63 bits per heavy atom. The van der Waals surface area contributed by atoms with Crippen LogP contribution in [0.1, 0.15) is 18.8 Å². The minimum Gasteiger partial charge on any atom is -0.399 e. The maximum Gasteiger partial charge on any atom is 0.131 e. The number of nitrogens with two attached hydrogens (primary N) is 2. The van der Waals surface area contributed by atoms with Crippen molar-refractivity contribution >= 4 is 16.7 Å². The van der Waals surface area contributed by atoms with Crippen LogP contribution in [-0.4, -0.2) is 9.55 Å². The standard InChI is InChI=1S/C15H16N4/c1-10(16)15-18-13-7-2-3-8-14(13)19(15)12-6-4-5-11(17)9-12/h2-10H,16-17H2,1H3/t10-/m0/s1. The Balaban J connectivity index is 2.34. The van der Waals surface area contributed by atoms with Crippen LogP contribution in [0.2, 0.25) is 0 Å². The number of rotatable bonds is 2. The Kier molecular flexibility index (Phi) is 2.72. The zero-order chi connectivity index (χ0) is 13.4. The van der Waals surface area contributed by atoms with E-state index >= 15 is 0 Å². The van der Waals surface area contributed by atoms with Crippen molar-refractivity contribution in [2.75, 3.05) is 5.73 Å². The van der Waals surface area contributed by atoms with Gasteiger partial charge in [0.15, 0.2) is 0 Å². The van der Waals surface area contributed by atoms with Crippen LogP contribution in [0.5, 0.6) is 0 Å². The van der Waals surface area contributed by atoms with Crippen LogP contribution in [0.25, 0.3) is 16.7 Å². The molecule has 0 fully saturated rings. The van der Waals surface area contributed by atoms with Crippen LogP contribution < -0.4 is 11.5 Å². The Morgan fingerprint density at radius 2 is 1.89 bits per heavy atom. The van der Waals surface area contributed by atoms with Gasteiger partial charge in [-0.25, -0.2) is 4.98 Å².